The van der Waals surface area contributed by atoms with Crippen LogP contribution in [-0.2, 0) is 17.6 Å². The van der Waals surface area contributed by atoms with E-state index >= 15 is 0 Å². The average molecular weight is 279 g/mol. The number of nitrogens with zero attached hydrogens (tertiary/aromatic N) is 2. The van der Waals surface area contributed by atoms with Crippen molar-refractivity contribution in [2.24, 2.45) is 10.9 Å². The van der Waals surface area contributed by atoms with Crippen molar-refractivity contribution in [2.45, 2.75) is 32.6 Å². The summed E-state index contributed by atoms with van der Waals surface area (Å²) in [5.41, 5.74) is 8.43. The third-order valence-corrected chi connectivity index (χ3v) is 3.21. The van der Waals surface area contributed by atoms with E-state index < -0.39 is 0 Å². The molecule has 1 aliphatic rings. The van der Waals surface area contributed by atoms with Crippen LogP contribution in [0.3, 0.4) is 0 Å². The summed E-state index contributed by atoms with van der Waals surface area (Å²) < 4.78 is 11.0. The van der Waals surface area contributed by atoms with E-state index in [1.807, 2.05) is 6.07 Å². The topological polar surface area (TPSA) is 90.0 Å². The average Bonchev–Trinajstić information content (AvgIpc) is 2.92. The van der Waals surface area contributed by atoms with E-state index in [-0.39, 0.29) is 5.84 Å². The van der Waals surface area contributed by atoms with E-state index in [0.29, 0.717) is 31.3 Å². The summed E-state index contributed by atoms with van der Waals surface area (Å²) in [6, 6.07) is 1.91. The smallest absolute Gasteiger partial charge is 0.224 e. The monoisotopic (exact) mass is 279 g/mol. The lowest BCUT2D eigenvalue weighted by molar-refractivity contribution is 0.0988. The Morgan fingerprint density at radius 3 is 3.00 bits per heavy atom. The van der Waals surface area contributed by atoms with E-state index in [2.05, 4.69) is 17.1 Å². The van der Waals surface area contributed by atoms with Gasteiger partial charge in [0.1, 0.15) is 6.61 Å². The highest BCUT2D eigenvalue weighted by Gasteiger charge is 2.19. The van der Waals surface area contributed by atoms with Crippen molar-refractivity contribution in [3.63, 3.8) is 0 Å². The third-order valence-electron chi connectivity index (χ3n) is 3.21. The first-order valence-electron chi connectivity index (χ1n) is 6.97. The molecule has 0 amide bonds. The van der Waals surface area contributed by atoms with Gasteiger partial charge in [0.05, 0.1) is 12.2 Å². The van der Waals surface area contributed by atoms with E-state index in [1.165, 1.54) is 0 Å². The van der Waals surface area contributed by atoms with Crippen LogP contribution < -0.4 is 10.5 Å². The Labute approximate surface area is 118 Å². The van der Waals surface area contributed by atoms with Crippen LogP contribution in [0.4, 0.5) is 0 Å². The molecule has 1 aliphatic carbocycles. The minimum absolute atomic E-state index is 0.0247. The van der Waals surface area contributed by atoms with Gasteiger partial charge in [-0.15, -0.1) is 0 Å². The molecule has 1 heterocycles. The summed E-state index contributed by atoms with van der Waals surface area (Å²) in [5, 5.41) is 11.9. The van der Waals surface area contributed by atoms with Crippen LogP contribution in [0.5, 0.6) is 5.88 Å². The maximum Gasteiger partial charge on any atom is 0.224 e. The quantitative estimate of drug-likeness (QED) is 0.259. The first-order valence-corrected chi connectivity index (χ1v) is 6.97. The number of amidine groups is 1. The van der Waals surface area contributed by atoms with Crippen molar-refractivity contribution in [2.75, 3.05) is 19.8 Å². The highest BCUT2D eigenvalue weighted by Crippen LogP contribution is 2.26. The van der Waals surface area contributed by atoms with Crippen molar-refractivity contribution in [1.82, 2.24) is 4.98 Å². The number of aryl methyl sites for hydroxylation is 2. The zero-order valence-corrected chi connectivity index (χ0v) is 11.8. The Hall–Kier alpha value is -1.82. The lowest BCUT2D eigenvalue weighted by Gasteiger charge is -2.12. The molecular formula is C14H21N3O3. The second-order valence-electron chi connectivity index (χ2n) is 4.75. The Bertz CT molecular complexity index is 489. The minimum atomic E-state index is 0.0247. The summed E-state index contributed by atoms with van der Waals surface area (Å²) in [7, 11) is 0. The van der Waals surface area contributed by atoms with Crippen molar-refractivity contribution in [1.29, 1.82) is 0 Å². The first kappa shape index (κ1) is 14.6. The molecule has 6 nitrogen and oxygen atoms in total. The number of oxime groups is 1. The summed E-state index contributed by atoms with van der Waals surface area (Å²) in [6.07, 6.45) is 4.00. The fraction of sp³-hybridized carbons (Fsp3) is 0.571. The number of hydrogen-bond acceptors (Lipinski definition) is 5. The Morgan fingerprint density at radius 2 is 2.25 bits per heavy atom. The maximum atomic E-state index is 8.86. The van der Waals surface area contributed by atoms with Crippen molar-refractivity contribution in [3.8, 4) is 5.88 Å². The lowest BCUT2D eigenvalue weighted by atomic mass is 10.1. The molecule has 1 aromatic rings. The first-order chi connectivity index (χ1) is 9.76. The molecule has 0 bridgehead atoms. The number of hydrogen-bond donors (Lipinski definition) is 2. The summed E-state index contributed by atoms with van der Waals surface area (Å²) >= 11 is 0. The van der Waals surface area contributed by atoms with Gasteiger partial charge in [0.25, 0.3) is 0 Å². The standard InChI is InChI=1S/C14H21N3O3/c1-2-6-19-7-8-20-14-11(13(15)17-18)9-10-4-3-5-12(10)16-14/h9,18H,2-8H2,1H3,(H2,15,17). The van der Waals surface area contributed by atoms with Gasteiger partial charge in [0.15, 0.2) is 5.84 Å². The molecule has 2 rings (SSSR count). The van der Waals surface area contributed by atoms with Gasteiger partial charge in [-0.05, 0) is 37.3 Å². The molecule has 20 heavy (non-hydrogen) atoms. The number of pyridine rings is 1. The molecule has 0 radical (unpaired) electrons. The molecule has 1 aromatic heterocycles. The van der Waals surface area contributed by atoms with Crippen LogP contribution in [-0.4, -0.2) is 35.8 Å². The molecule has 0 saturated carbocycles. The largest absolute Gasteiger partial charge is 0.475 e. The SMILES string of the molecule is CCCOCCOc1nc2c(cc1C(N)=NO)CCC2. The van der Waals surface area contributed by atoms with Gasteiger partial charge in [-0.1, -0.05) is 12.1 Å². The van der Waals surface area contributed by atoms with Gasteiger partial charge in [0, 0.05) is 12.3 Å². The van der Waals surface area contributed by atoms with Crippen LogP contribution in [0.15, 0.2) is 11.2 Å². The van der Waals surface area contributed by atoms with Gasteiger partial charge in [-0.25, -0.2) is 4.98 Å². The zero-order chi connectivity index (χ0) is 14.4. The molecule has 0 aliphatic heterocycles. The number of fused-ring (bicyclic) bond motifs is 1. The van der Waals surface area contributed by atoms with Gasteiger partial charge in [-0.3, -0.25) is 0 Å². The molecule has 0 saturated heterocycles. The van der Waals surface area contributed by atoms with E-state index in [9.17, 15) is 0 Å². The predicted octanol–water partition coefficient (Wildman–Crippen LogP) is 1.47. The normalized spacial score (nSPS) is 14.3. The number of ether oxygens (including phenoxy) is 2. The second-order valence-corrected chi connectivity index (χ2v) is 4.75. The molecule has 0 aromatic carbocycles. The lowest BCUT2D eigenvalue weighted by Crippen LogP contribution is -2.18. The maximum absolute atomic E-state index is 8.86. The van der Waals surface area contributed by atoms with E-state index in [1.54, 1.807) is 0 Å². The van der Waals surface area contributed by atoms with E-state index in [0.717, 1.165) is 36.9 Å². The number of nitrogens with two attached hydrogens (primary N) is 1. The highest BCUT2D eigenvalue weighted by molar-refractivity contribution is 5.99. The Kier molecular flexibility index (Phi) is 5.17. The Morgan fingerprint density at radius 1 is 1.40 bits per heavy atom. The molecule has 110 valence electrons. The second kappa shape index (κ2) is 7.09. The fourth-order valence-electron chi connectivity index (χ4n) is 2.24. The van der Waals surface area contributed by atoms with Crippen molar-refractivity contribution < 1.29 is 14.7 Å². The van der Waals surface area contributed by atoms with E-state index in [4.69, 9.17) is 20.4 Å². The van der Waals surface area contributed by atoms with Crippen molar-refractivity contribution in [3.05, 3.63) is 22.9 Å². The summed E-state index contributed by atoms with van der Waals surface area (Å²) in [6.45, 7) is 3.67. The van der Waals surface area contributed by atoms with Crippen LogP contribution in [0, 0.1) is 0 Å². The van der Waals surface area contributed by atoms with Crippen LogP contribution in [0.25, 0.3) is 0 Å². The molecule has 0 unspecified atom stereocenters. The summed E-state index contributed by atoms with van der Waals surface area (Å²) in [4.78, 5) is 4.49. The van der Waals surface area contributed by atoms with Crippen LogP contribution >= 0.6 is 0 Å². The molecule has 0 spiro atoms. The van der Waals surface area contributed by atoms with Gasteiger partial charge in [-0.2, -0.15) is 0 Å². The highest BCUT2D eigenvalue weighted by atomic mass is 16.5. The van der Waals surface area contributed by atoms with Crippen molar-refractivity contribution >= 4 is 5.84 Å². The van der Waals surface area contributed by atoms with Gasteiger partial charge < -0.3 is 20.4 Å². The summed E-state index contributed by atoms with van der Waals surface area (Å²) in [5.74, 6) is 0.442. The molecule has 0 fully saturated rings. The number of rotatable bonds is 7. The third kappa shape index (κ3) is 3.39. The Balaban J connectivity index is 2.09. The molecule has 0 atom stereocenters. The zero-order valence-electron chi connectivity index (χ0n) is 11.8. The van der Waals surface area contributed by atoms with Gasteiger partial charge in [0.2, 0.25) is 5.88 Å². The number of aromatic nitrogens is 1. The fourth-order valence-corrected chi connectivity index (χ4v) is 2.24. The molecular weight excluding hydrogens is 258 g/mol. The van der Waals surface area contributed by atoms with Crippen LogP contribution in [0.1, 0.15) is 36.6 Å². The molecule has 3 N–H and O–H groups in total. The van der Waals surface area contributed by atoms with Gasteiger partial charge >= 0.3 is 0 Å². The minimum Gasteiger partial charge on any atom is -0.475 e. The van der Waals surface area contributed by atoms with Crippen LogP contribution in [0.2, 0.25) is 0 Å². The predicted molar refractivity (Wildman–Crippen MR) is 75.4 cm³/mol. The molecule has 6 heteroatoms.